The molecule has 0 fully saturated rings. The molecule has 0 aliphatic carbocycles. The average molecular weight is 295 g/mol. The summed E-state index contributed by atoms with van der Waals surface area (Å²) in [6, 6.07) is 12.1. The molecule has 0 saturated carbocycles. The number of rotatable bonds is 3. The van der Waals surface area contributed by atoms with Gasteiger partial charge >= 0.3 is 0 Å². The van der Waals surface area contributed by atoms with Crippen LogP contribution in [0.4, 0.5) is 11.5 Å². The number of pyridine rings is 1. The van der Waals surface area contributed by atoms with E-state index in [-0.39, 0.29) is 0 Å². The van der Waals surface area contributed by atoms with Crippen LogP contribution in [-0.4, -0.2) is 11.2 Å². The molecule has 0 bridgehead atoms. The van der Waals surface area contributed by atoms with Crippen LogP contribution in [-0.2, 0) is 0 Å². The Morgan fingerprint density at radius 3 is 2.69 bits per heavy atom. The standard InChI is InChI=1S/C12H11BrN2S/c1-16-11-5-3-2-4-10(11)15-12-7-6-9(13)8-14-12/h2-8H,1H3,(H,14,15). The zero-order valence-corrected chi connectivity index (χ0v) is 11.2. The maximum atomic E-state index is 4.28. The molecule has 0 unspecified atom stereocenters. The first-order chi connectivity index (χ1) is 7.79. The minimum absolute atomic E-state index is 0.852. The third kappa shape index (κ3) is 2.77. The van der Waals surface area contributed by atoms with Crippen LogP contribution >= 0.6 is 27.7 Å². The second-order valence-corrected chi connectivity index (χ2v) is 4.95. The van der Waals surface area contributed by atoms with Gasteiger partial charge in [0.15, 0.2) is 0 Å². The SMILES string of the molecule is CSc1ccccc1Nc1ccc(Br)cn1. The predicted molar refractivity (Wildman–Crippen MR) is 73.4 cm³/mol. The van der Waals surface area contributed by atoms with Crippen molar-refractivity contribution in [2.45, 2.75) is 4.90 Å². The van der Waals surface area contributed by atoms with E-state index in [1.807, 2.05) is 24.3 Å². The van der Waals surface area contributed by atoms with Crippen LogP contribution in [0.5, 0.6) is 0 Å². The van der Waals surface area contributed by atoms with E-state index in [0.717, 1.165) is 16.0 Å². The molecule has 0 saturated heterocycles. The van der Waals surface area contributed by atoms with Gasteiger partial charge in [-0.05, 0) is 46.5 Å². The number of hydrogen-bond acceptors (Lipinski definition) is 3. The van der Waals surface area contributed by atoms with Gasteiger partial charge in [-0.3, -0.25) is 0 Å². The highest BCUT2D eigenvalue weighted by Crippen LogP contribution is 2.27. The third-order valence-electron chi connectivity index (χ3n) is 2.10. The summed E-state index contributed by atoms with van der Waals surface area (Å²) in [5, 5.41) is 3.30. The van der Waals surface area contributed by atoms with Crippen molar-refractivity contribution in [3.63, 3.8) is 0 Å². The number of thioether (sulfide) groups is 1. The molecule has 82 valence electrons. The van der Waals surface area contributed by atoms with Gasteiger partial charge in [0, 0.05) is 15.6 Å². The van der Waals surface area contributed by atoms with E-state index in [1.165, 1.54) is 4.90 Å². The normalized spacial score (nSPS) is 10.1. The summed E-state index contributed by atoms with van der Waals surface area (Å²) in [4.78, 5) is 5.50. The van der Waals surface area contributed by atoms with Crippen molar-refractivity contribution < 1.29 is 0 Å². The van der Waals surface area contributed by atoms with Crippen LogP contribution in [0.2, 0.25) is 0 Å². The van der Waals surface area contributed by atoms with Gasteiger partial charge in [-0.25, -0.2) is 4.98 Å². The number of para-hydroxylation sites is 1. The second-order valence-electron chi connectivity index (χ2n) is 3.19. The molecule has 1 N–H and O–H groups in total. The van der Waals surface area contributed by atoms with Crippen LogP contribution in [0.3, 0.4) is 0 Å². The first-order valence-corrected chi connectivity index (χ1v) is 6.83. The number of hydrogen-bond donors (Lipinski definition) is 1. The largest absolute Gasteiger partial charge is 0.339 e. The predicted octanol–water partition coefficient (Wildman–Crippen LogP) is 4.31. The fourth-order valence-corrected chi connectivity index (χ4v) is 2.12. The molecule has 1 aromatic carbocycles. The lowest BCUT2D eigenvalue weighted by molar-refractivity contribution is 1.28. The molecule has 0 amide bonds. The van der Waals surface area contributed by atoms with E-state index >= 15 is 0 Å². The van der Waals surface area contributed by atoms with Gasteiger partial charge in [0.1, 0.15) is 5.82 Å². The molecule has 2 nitrogen and oxygen atoms in total. The smallest absolute Gasteiger partial charge is 0.130 e. The Morgan fingerprint density at radius 2 is 2.00 bits per heavy atom. The van der Waals surface area contributed by atoms with Crippen LogP contribution in [0.25, 0.3) is 0 Å². The lowest BCUT2D eigenvalue weighted by Crippen LogP contribution is -1.94. The summed E-state index contributed by atoms with van der Waals surface area (Å²) >= 11 is 5.08. The molecule has 0 spiro atoms. The Hall–Kier alpha value is -1.00. The Balaban J connectivity index is 2.23. The van der Waals surface area contributed by atoms with Crippen molar-refractivity contribution in [3.8, 4) is 0 Å². The topological polar surface area (TPSA) is 24.9 Å². The molecule has 1 heterocycles. The van der Waals surface area contributed by atoms with Gasteiger partial charge in [-0.1, -0.05) is 12.1 Å². The molecule has 0 aliphatic rings. The number of halogens is 1. The fourth-order valence-electron chi connectivity index (χ4n) is 1.34. The number of aromatic nitrogens is 1. The van der Waals surface area contributed by atoms with Crippen LogP contribution in [0.1, 0.15) is 0 Å². The highest BCUT2D eigenvalue weighted by atomic mass is 79.9. The minimum atomic E-state index is 0.852. The molecule has 2 aromatic rings. The zero-order chi connectivity index (χ0) is 11.4. The summed E-state index contributed by atoms with van der Waals surface area (Å²) in [5.74, 6) is 0.852. The quantitative estimate of drug-likeness (QED) is 0.854. The zero-order valence-electron chi connectivity index (χ0n) is 8.77. The monoisotopic (exact) mass is 294 g/mol. The van der Waals surface area contributed by atoms with Gasteiger partial charge < -0.3 is 5.32 Å². The third-order valence-corrected chi connectivity index (χ3v) is 3.36. The molecule has 0 radical (unpaired) electrons. The molecule has 0 aliphatic heterocycles. The fraction of sp³-hybridized carbons (Fsp3) is 0.0833. The summed E-state index contributed by atoms with van der Waals surface area (Å²) in [6.45, 7) is 0. The molecule has 16 heavy (non-hydrogen) atoms. The summed E-state index contributed by atoms with van der Waals surface area (Å²) in [6.07, 6.45) is 3.85. The number of nitrogens with zero attached hydrogens (tertiary/aromatic N) is 1. The molecular formula is C12H11BrN2S. The van der Waals surface area contributed by atoms with Gasteiger partial charge in [0.05, 0.1) is 5.69 Å². The van der Waals surface area contributed by atoms with Crippen LogP contribution in [0, 0.1) is 0 Å². The first kappa shape index (κ1) is 11.5. The minimum Gasteiger partial charge on any atom is -0.339 e. The van der Waals surface area contributed by atoms with Crippen molar-refractivity contribution in [1.82, 2.24) is 4.98 Å². The van der Waals surface area contributed by atoms with Crippen LogP contribution < -0.4 is 5.32 Å². The van der Waals surface area contributed by atoms with Gasteiger partial charge in [-0.2, -0.15) is 0 Å². The number of anilines is 2. The molecule has 0 atom stereocenters. The van der Waals surface area contributed by atoms with Gasteiger partial charge in [-0.15, -0.1) is 11.8 Å². The van der Waals surface area contributed by atoms with E-state index in [9.17, 15) is 0 Å². The molecule has 2 rings (SSSR count). The number of nitrogens with one attached hydrogen (secondary N) is 1. The van der Waals surface area contributed by atoms with Crippen molar-refractivity contribution in [3.05, 3.63) is 47.1 Å². The molecule has 1 aromatic heterocycles. The van der Waals surface area contributed by atoms with Gasteiger partial charge in [0.2, 0.25) is 0 Å². The Kier molecular flexibility index (Phi) is 3.85. The molecular weight excluding hydrogens is 284 g/mol. The van der Waals surface area contributed by atoms with Gasteiger partial charge in [0.25, 0.3) is 0 Å². The average Bonchev–Trinajstić information content (AvgIpc) is 2.33. The summed E-state index contributed by atoms with van der Waals surface area (Å²) < 4.78 is 0.983. The van der Waals surface area contributed by atoms with Crippen molar-refractivity contribution in [2.75, 3.05) is 11.6 Å². The highest BCUT2D eigenvalue weighted by molar-refractivity contribution is 9.10. The maximum absolute atomic E-state index is 4.28. The first-order valence-electron chi connectivity index (χ1n) is 4.81. The van der Waals surface area contributed by atoms with E-state index in [1.54, 1.807) is 18.0 Å². The second kappa shape index (κ2) is 5.37. The number of benzene rings is 1. The van der Waals surface area contributed by atoms with Crippen LogP contribution in [0.15, 0.2) is 52.0 Å². The van der Waals surface area contributed by atoms with E-state index in [2.05, 4.69) is 44.6 Å². The highest BCUT2D eigenvalue weighted by Gasteiger charge is 2.01. The van der Waals surface area contributed by atoms with E-state index in [0.29, 0.717) is 0 Å². The van der Waals surface area contributed by atoms with Crippen molar-refractivity contribution >= 4 is 39.2 Å². The lowest BCUT2D eigenvalue weighted by Gasteiger charge is -2.09. The van der Waals surface area contributed by atoms with E-state index in [4.69, 9.17) is 0 Å². The van der Waals surface area contributed by atoms with E-state index < -0.39 is 0 Å². The molecule has 4 heteroatoms. The Labute approximate surface area is 108 Å². The van der Waals surface area contributed by atoms with Crippen molar-refractivity contribution in [2.24, 2.45) is 0 Å². The summed E-state index contributed by atoms with van der Waals surface area (Å²) in [7, 11) is 0. The Bertz CT molecular complexity index is 471. The Morgan fingerprint density at radius 1 is 1.19 bits per heavy atom. The lowest BCUT2D eigenvalue weighted by atomic mass is 10.3. The van der Waals surface area contributed by atoms with Crippen molar-refractivity contribution in [1.29, 1.82) is 0 Å². The maximum Gasteiger partial charge on any atom is 0.130 e. The summed E-state index contributed by atoms with van der Waals surface area (Å²) in [5.41, 5.74) is 1.09.